The zero-order valence-corrected chi connectivity index (χ0v) is 15.2. The number of rotatable bonds is 7. The predicted octanol–water partition coefficient (Wildman–Crippen LogP) is 2.51. The summed E-state index contributed by atoms with van der Waals surface area (Å²) in [6.45, 7) is -0.702. The molecule has 164 valence electrons. The summed E-state index contributed by atoms with van der Waals surface area (Å²) in [4.78, 5) is 15.1. The third-order valence-electron chi connectivity index (χ3n) is 3.48. The summed E-state index contributed by atoms with van der Waals surface area (Å²) >= 11 is 5.94. The smallest absolute Gasteiger partial charge is 0.380 e. The van der Waals surface area contributed by atoms with E-state index in [9.17, 15) is 35.5 Å². The lowest BCUT2D eigenvalue weighted by Crippen LogP contribution is -2.59. The van der Waals surface area contributed by atoms with Crippen molar-refractivity contribution in [2.24, 2.45) is 16.7 Å². The van der Waals surface area contributed by atoms with Crippen LogP contribution in [0.15, 0.2) is 29.5 Å². The Bertz CT molecular complexity index is 960. The minimum absolute atomic E-state index is 0.0236. The predicted molar refractivity (Wildman–Crippen MR) is 89.1 cm³/mol. The molecule has 0 unspecified atom stereocenters. The van der Waals surface area contributed by atoms with Gasteiger partial charge in [0.15, 0.2) is 17.9 Å². The van der Waals surface area contributed by atoms with Gasteiger partial charge in [0, 0.05) is 6.20 Å². The van der Waals surface area contributed by atoms with Gasteiger partial charge >= 0.3 is 18.0 Å². The molecule has 0 aromatic carbocycles. The van der Waals surface area contributed by atoms with Crippen LogP contribution in [-0.4, -0.2) is 50.0 Å². The van der Waals surface area contributed by atoms with Crippen molar-refractivity contribution in [1.29, 1.82) is 0 Å². The summed E-state index contributed by atoms with van der Waals surface area (Å²) in [5, 5.41) is 6.72. The summed E-state index contributed by atoms with van der Waals surface area (Å²) in [7, 11) is 0. The number of amidine groups is 1. The van der Waals surface area contributed by atoms with Crippen LogP contribution in [0.3, 0.4) is 0 Å². The van der Waals surface area contributed by atoms with Gasteiger partial charge in [-0.2, -0.15) is 35.8 Å². The summed E-state index contributed by atoms with van der Waals surface area (Å²) in [6, 6.07) is 4.03. The fourth-order valence-electron chi connectivity index (χ4n) is 2.05. The lowest BCUT2D eigenvalue weighted by atomic mass is 10.1. The van der Waals surface area contributed by atoms with Crippen LogP contribution in [0.4, 0.5) is 30.7 Å². The number of hydrogen-bond acceptors (Lipinski definition) is 6. The number of hydrogen-bond donors (Lipinski definition) is 2. The minimum Gasteiger partial charge on any atom is -0.380 e. The van der Waals surface area contributed by atoms with E-state index in [2.05, 4.69) is 20.9 Å². The maximum Gasteiger partial charge on any atom is 0.460 e. The number of carbonyl (C=O) groups is 1. The fraction of sp³-hybridized carbons (Fsp3) is 0.286. The largest absolute Gasteiger partial charge is 0.460 e. The molecule has 2 aromatic heterocycles. The maximum atomic E-state index is 13.5. The first-order chi connectivity index (χ1) is 13.7. The van der Waals surface area contributed by atoms with Gasteiger partial charge in [-0.05, 0) is 18.2 Å². The van der Waals surface area contributed by atoms with Crippen molar-refractivity contribution in [3.05, 3.63) is 40.8 Å². The highest BCUT2D eigenvalue weighted by molar-refractivity contribution is 6.32. The summed E-state index contributed by atoms with van der Waals surface area (Å²) in [5.74, 6) is -9.47. The zero-order valence-electron chi connectivity index (χ0n) is 14.4. The van der Waals surface area contributed by atoms with Gasteiger partial charge in [-0.15, -0.1) is 5.10 Å². The SMILES string of the molecule is N/C(=N\N(N)Cc1cc(C=O)n(-c2ncccc2Cl)n1)C(F)(F)C(F)(F)C(F)(F)F. The number of pyridine rings is 1. The first-order valence-electron chi connectivity index (χ1n) is 7.56. The van der Waals surface area contributed by atoms with Crippen molar-refractivity contribution in [2.45, 2.75) is 24.6 Å². The second kappa shape index (κ2) is 8.06. The molecule has 30 heavy (non-hydrogen) atoms. The van der Waals surface area contributed by atoms with Gasteiger partial charge in [-0.3, -0.25) is 4.79 Å². The quantitative estimate of drug-likeness (QED) is 0.163. The molecule has 0 fully saturated rings. The van der Waals surface area contributed by atoms with Gasteiger partial charge in [0.25, 0.3) is 0 Å². The molecule has 0 atom stereocenters. The lowest BCUT2D eigenvalue weighted by molar-refractivity contribution is -0.336. The number of hydrazone groups is 1. The molecule has 4 N–H and O–H groups in total. The Morgan fingerprint density at radius 1 is 1.27 bits per heavy atom. The first kappa shape index (κ1) is 23.3. The number of hydrazine groups is 1. The highest BCUT2D eigenvalue weighted by Gasteiger charge is 2.75. The van der Waals surface area contributed by atoms with Crippen molar-refractivity contribution in [3.63, 3.8) is 0 Å². The van der Waals surface area contributed by atoms with Crippen LogP contribution in [0, 0.1) is 0 Å². The van der Waals surface area contributed by atoms with E-state index >= 15 is 0 Å². The highest BCUT2D eigenvalue weighted by Crippen LogP contribution is 2.46. The molecule has 2 rings (SSSR count). The molecule has 0 bridgehead atoms. The van der Waals surface area contributed by atoms with Crippen LogP contribution < -0.4 is 11.6 Å². The third-order valence-corrected chi connectivity index (χ3v) is 3.78. The van der Waals surface area contributed by atoms with Crippen LogP contribution >= 0.6 is 11.6 Å². The van der Waals surface area contributed by atoms with E-state index in [1.54, 1.807) is 0 Å². The average Bonchev–Trinajstić information content (AvgIpc) is 3.03. The standard InChI is InChI=1S/C14H11ClF7N7O/c15-9-2-1-3-25-10(9)29-8(6-30)4-7(26-29)5-28(24)27-11(23)12(16,17)13(18,19)14(20,21)22/h1-4,6H,5,24H2,(H2,23,27). The molecule has 0 saturated heterocycles. The highest BCUT2D eigenvalue weighted by atomic mass is 35.5. The van der Waals surface area contributed by atoms with E-state index < -0.39 is 30.4 Å². The molecule has 8 nitrogen and oxygen atoms in total. The van der Waals surface area contributed by atoms with E-state index in [4.69, 9.17) is 17.4 Å². The second-order valence-corrected chi connectivity index (χ2v) is 6.04. The Morgan fingerprint density at radius 3 is 2.43 bits per heavy atom. The van der Waals surface area contributed by atoms with Crippen LogP contribution in [0.2, 0.25) is 5.02 Å². The molecule has 0 aliphatic heterocycles. The Balaban J connectivity index is 2.29. The Kier molecular flexibility index (Phi) is 6.27. The Labute approximate surface area is 167 Å². The van der Waals surface area contributed by atoms with Gasteiger partial charge in [-0.25, -0.2) is 20.6 Å². The van der Waals surface area contributed by atoms with E-state index in [-0.39, 0.29) is 27.3 Å². The number of aromatic nitrogens is 3. The molecule has 0 aliphatic rings. The van der Waals surface area contributed by atoms with Crippen LogP contribution in [0.5, 0.6) is 0 Å². The van der Waals surface area contributed by atoms with Gasteiger partial charge in [0.1, 0.15) is 5.69 Å². The van der Waals surface area contributed by atoms with E-state index in [1.165, 1.54) is 18.3 Å². The zero-order chi connectivity index (χ0) is 22.9. The molecule has 0 spiro atoms. The Hall–Kier alpha value is -2.94. The number of nitrogens with two attached hydrogens (primary N) is 2. The van der Waals surface area contributed by atoms with Crippen molar-refractivity contribution < 1.29 is 35.5 Å². The summed E-state index contributed by atoms with van der Waals surface area (Å²) in [5.41, 5.74) is 4.42. The van der Waals surface area contributed by atoms with Crippen molar-refractivity contribution >= 4 is 23.7 Å². The van der Waals surface area contributed by atoms with Gasteiger partial charge in [0.2, 0.25) is 0 Å². The van der Waals surface area contributed by atoms with Crippen LogP contribution in [-0.2, 0) is 6.54 Å². The monoisotopic (exact) mass is 461 g/mol. The van der Waals surface area contributed by atoms with E-state index in [0.29, 0.717) is 6.29 Å². The van der Waals surface area contributed by atoms with E-state index in [1.807, 2.05) is 0 Å². The van der Waals surface area contributed by atoms with E-state index in [0.717, 1.165) is 10.7 Å². The summed E-state index contributed by atoms with van der Waals surface area (Å²) < 4.78 is 90.5. The van der Waals surface area contributed by atoms with Gasteiger partial charge in [0.05, 0.1) is 17.3 Å². The van der Waals surface area contributed by atoms with Gasteiger partial charge < -0.3 is 5.73 Å². The molecule has 0 amide bonds. The van der Waals surface area contributed by atoms with Gasteiger partial charge in [-0.1, -0.05) is 11.6 Å². The number of carbonyl (C=O) groups excluding carboxylic acids is 1. The molecule has 0 radical (unpaired) electrons. The molecule has 2 heterocycles. The molecular weight excluding hydrogens is 451 g/mol. The second-order valence-electron chi connectivity index (χ2n) is 5.63. The topological polar surface area (TPSA) is 115 Å². The molecule has 16 heteroatoms. The van der Waals surface area contributed by atoms with Crippen LogP contribution in [0.25, 0.3) is 5.82 Å². The van der Waals surface area contributed by atoms with Crippen LogP contribution in [0.1, 0.15) is 16.2 Å². The molecule has 0 saturated carbocycles. The normalized spacial score (nSPS) is 13.4. The number of nitrogens with zero attached hydrogens (tertiary/aromatic N) is 5. The molecule has 2 aromatic rings. The first-order valence-corrected chi connectivity index (χ1v) is 7.94. The molecular formula is C14H11ClF7N7O. The minimum atomic E-state index is -6.59. The van der Waals surface area contributed by atoms with Crippen molar-refractivity contribution in [3.8, 4) is 5.82 Å². The molecule has 0 aliphatic carbocycles. The van der Waals surface area contributed by atoms with Crippen molar-refractivity contribution in [1.82, 2.24) is 19.9 Å². The Morgan fingerprint density at radius 2 is 1.90 bits per heavy atom. The fourth-order valence-corrected chi connectivity index (χ4v) is 2.25. The average molecular weight is 462 g/mol. The number of halogens is 8. The lowest BCUT2D eigenvalue weighted by Gasteiger charge is -2.28. The number of aldehydes is 1. The maximum absolute atomic E-state index is 13.5. The van der Waals surface area contributed by atoms with Crippen molar-refractivity contribution in [2.75, 3.05) is 0 Å². The summed E-state index contributed by atoms with van der Waals surface area (Å²) in [6.07, 6.45) is -4.91. The third kappa shape index (κ3) is 4.30. The number of alkyl halides is 7.